The zero-order chi connectivity index (χ0) is 18.0. The van der Waals surface area contributed by atoms with E-state index in [4.69, 9.17) is 5.73 Å². The van der Waals surface area contributed by atoms with Gasteiger partial charge in [0.05, 0.1) is 6.54 Å². The summed E-state index contributed by atoms with van der Waals surface area (Å²) in [5, 5.41) is 5.12. The molecule has 0 spiro atoms. The number of nitrogens with two attached hydrogens (primary N) is 1. The molecule has 0 bridgehead atoms. The molecule has 0 radical (unpaired) electrons. The van der Waals surface area contributed by atoms with Crippen molar-refractivity contribution in [2.24, 2.45) is 7.05 Å². The van der Waals surface area contributed by atoms with Crippen LogP contribution in [0.2, 0.25) is 0 Å². The molecular formula is C18H20N4O2S. The number of nitrogens with one attached hydrogen (secondary N) is 1. The van der Waals surface area contributed by atoms with Gasteiger partial charge in [0.1, 0.15) is 11.5 Å². The van der Waals surface area contributed by atoms with Gasteiger partial charge >= 0.3 is 5.69 Å². The van der Waals surface area contributed by atoms with Gasteiger partial charge in [-0.3, -0.25) is 13.9 Å². The number of rotatable bonds is 5. The third-order valence-electron chi connectivity index (χ3n) is 4.16. The van der Waals surface area contributed by atoms with Gasteiger partial charge in [-0.1, -0.05) is 30.3 Å². The minimum atomic E-state index is -0.427. The Morgan fingerprint density at radius 3 is 2.52 bits per heavy atom. The summed E-state index contributed by atoms with van der Waals surface area (Å²) in [4.78, 5) is 26.1. The highest BCUT2D eigenvalue weighted by molar-refractivity contribution is 7.10. The van der Waals surface area contributed by atoms with Gasteiger partial charge in [0, 0.05) is 18.5 Å². The van der Waals surface area contributed by atoms with Crippen LogP contribution < -0.4 is 22.3 Å². The predicted molar refractivity (Wildman–Crippen MR) is 102 cm³/mol. The summed E-state index contributed by atoms with van der Waals surface area (Å²) in [6, 6.07) is 11.6. The molecule has 3 N–H and O–H groups in total. The molecule has 2 heterocycles. The number of aromatic nitrogens is 2. The average molecular weight is 356 g/mol. The Hall–Kier alpha value is -2.80. The van der Waals surface area contributed by atoms with E-state index in [-0.39, 0.29) is 11.5 Å². The molecule has 0 aliphatic rings. The van der Waals surface area contributed by atoms with Crippen LogP contribution in [0.3, 0.4) is 0 Å². The van der Waals surface area contributed by atoms with Crippen molar-refractivity contribution in [1.82, 2.24) is 9.13 Å². The summed E-state index contributed by atoms with van der Waals surface area (Å²) in [7, 11) is 1.47. The molecule has 1 aromatic carbocycles. The zero-order valence-corrected chi connectivity index (χ0v) is 15.0. The van der Waals surface area contributed by atoms with Crippen LogP contribution in [0.15, 0.2) is 51.4 Å². The fraction of sp³-hybridized carbons (Fsp3) is 0.222. The molecular weight excluding hydrogens is 336 g/mol. The first-order chi connectivity index (χ1) is 12.0. The second-order valence-electron chi connectivity index (χ2n) is 5.86. The predicted octanol–water partition coefficient (Wildman–Crippen LogP) is 2.16. The molecule has 130 valence electrons. The molecule has 0 aliphatic carbocycles. The lowest BCUT2D eigenvalue weighted by Crippen LogP contribution is -2.40. The number of hydrogen-bond donors (Lipinski definition) is 2. The molecule has 7 heteroatoms. The first kappa shape index (κ1) is 17.0. The minimum Gasteiger partial charge on any atom is -0.383 e. The average Bonchev–Trinajstić information content (AvgIpc) is 3.03. The van der Waals surface area contributed by atoms with Crippen molar-refractivity contribution in [2.45, 2.75) is 20.0 Å². The lowest BCUT2D eigenvalue weighted by atomic mass is 10.2. The van der Waals surface area contributed by atoms with Crippen molar-refractivity contribution >= 4 is 22.8 Å². The molecule has 2 aromatic heterocycles. The van der Waals surface area contributed by atoms with E-state index in [1.165, 1.54) is 11.6 Å². The van der Waals surface area contributed by atoms with Crippen molar-refractivity contribution < 1.29 is 0 Å². The molecule has 0 unspecified atom stereocenters. The molecule has 25 heavy (non-hydrogen) atoms. The van der Waals surface area contributed by atoms with Gasteiger partial charge in [0.25, 0.3) is 5.56 Å². The van der Waals surface area contributed by atoms with Gasteiger partial charge in [-0.05, 0) is 29.5 Å². The van der Waals surface area contributed by atoms with Gasteiger partial charge in [-0.15, -0.1) is 11.3 Å². The highest BCUT2D eigenvalue weighted by Gasteiger charge is 2.15. The van der Waals surface area contributed by atoms with Crippen molar-refractivity contribution in [3.8, 4) is 0 Å². The first-order valence-electron chi connectivity index (χ1n) is 7.89. The van der Waals surface area contributed by atoms with Crippen LogP contribution in [0.25, 0.3) is 0 Å². The minimum absolute atomic E-state index is 0.158. The van der Waals surface area contributed by atoms with E-state index in [9.17, 15) is 9.59 Å². The Balaban J connectivity index is 1.99. The van der Waals surface area contributed by atoms with Crippen molar-refractivity contribution in [1.29, 1.82) is 0 Å². The second kappa shape index (κ2) is 6.98. The van der Waals surface area contributed by atoms with Gasteiger partial charge in [0.15, 0.2) is 0 Å². The van der Waals surface area contributed by atoms with Crippen LogP contribution in [-0.2, 0) is 20.1 Å². The van der Waals surface area contributed by atoms with Crippen molar-refractivity contribution in [3.05, 3.63) is 78.6 Å². The van der Waals surface area contributed by atoms with Gasteiger partial charge in [0.2, 0.25) is 0 Å². The second-order valence-corrected chi connectivity index (χ2v) is 6.86. The Kier molecular flexibility index (Phi) is 4.76. The van der Waals surface area contributed by atoms with Crippen LogP contribution in [-0.4, -0.2) is 9.13 Å². The monoisotopic (exact) mass is 356 g/mol. The van der Waals surface area contributed by atoms with Crippen LogP contribution in [0.4, 0.5) is 11.5 Å². The third kappa shape index (κ3) is 3.36. The van der Waals surface area contributed by atoms with Crippen LogP contribution in [0.5, 0.6) is 0 Å². The molecule has 0 amide bonds. The number of aryl methyl sites for hydroxylation is 1. The molecule has 0 saturated carbocycles. The zero-order valence-electron chi connectivity index (χ0n) is 14.2. The van der Waals surface area contributed by atoms with Gasteiger partial charge in [-0.25, -0.2) is 4.79 Å². The smallest absolute Gasteiger partial charge is 0.332 e. The summed E-state index contributed by atoms with van der Waals surface area (Å²) in [6.07, 6.45) is 0. The Morgan fingerprint density at radius 2 is 1.88 bits per heavy atom. The third-order valence-corrected chi connectivity index (χ3v) is 5.18. The molecule has 6 nitrogen and oxygen atoms in total. The van der Waals surface area contributed by atoms with Crippen LogP contribution >= 0.6 is 11.3 Å². The molecule has 0 atom stereocenters. The first-order valence-corrected chi connectivity index (χ1v) is 8.77. The molecule has 0 fully saturated rings. The summed E-state index contributed by atoms with van der Waals surface area (Å²) in [5.74, 6) is 0.158. The van der Waals surface area contributed by atoms with Gasteiger partial charge in [-0.2, -0.15) is 0 Å². The SMILES string of the molecule is Cc1ccsc1CNc1c(N)n(Cc2ccccc2)c(=O)n(C)c1=O. The standard InChI is InChI=1S/C18H20N4O2S/c1-12-8-9-25-14(12)10-20-15-16(19)22(18(24)21(2)17(15)23)11-13-6-4-3-5-7-13/h3-9,20H,10-11,19H2,1-2H3. The molecule has 3 aromatic rings. The van der Waals surface area contributed by atoms with E-state index in [1.807, 2.05) is 48.7 Å². The number of benzene rings is 1. The summed E-state index contributed by atoms with van der Waals surface area (Å²) < 4.78 is 2.50. The number of anilines is 2. The van der Waals surface area contributed by atoms with E-state index < -0.39 is 11.2 Å². The Labute approximate surface area is 149 Å². The molecule has 0 aliphatic heterocycles. The maximum atomic E-state index is 12.5. The molecule has 0 saturated heterocycles. The lowest BCUT2D eigenvalue weighted by molar-refractivity contribution is 0.656. The summed E-state index contributed by atoms with van der Waals surface area (Å²) in [5.41, 5.74) is 7.68. The Morgan fingerprint density at radius 1 is 1.16 bits per heavy atom. The van der Waals surface area contributed by atoms with E-state index in [1.54, 1.807) is 11.3 Å². The maximum Gasteiger partial charge on any atom is 0.332 e. The van der Waals surface area contributed by atoms with E-state index in [0.717, 1.165) is 20.6 Å². The van der Waals surface area contributed by atoms with Crippen LogP contribution in [0.1, 0.15) is 16.0 Å². The van der Waals surface area contributed by atoms with Crippen LogP contribution in [0, 0.1) is 6.92 Å². The Bertz CT molecular complexity index is 1000. The largest absolute Gasteiger partial charge is 0.383 e. The summed E-state index contributed by atoms with van der Waals surface area (Å²) >= 11 is 1.61. The number of nitrogens with zero attached hydrogens (tertiary/aromatic N) is 2. The highest BCUT2D eigenvalue weighted by Crippen LogP contribution is 2.19. The fourth-order valence-corrected chi connectivity index (χ4v) is 3.47. The maximum absolute atomic E-state index is 12.5. The van der Waals surface area contributed by atoms with E-state index in [2.05, 4.69) is 5.32 Å². The normalized spacial score (nSPS) is 10.8. The van der Waals surface area contributed by atoms with E-state index >= 15 is 0 Å². The van der Waals surface area contributed by atoms with E-state index in [0.29, 0.717) is 13.1 Å². The number of nitrogen functional groups attached to an aromatic ring is 1. The highest BCUT2D eigenvalue weighted by atomic mass is 32.1. The summed E-state index contributed by atoms with van der Waals surface area (Å²) in [6.45, 7) is 2.82. The molecule has 3 rings (SSSR count). The lowest BCUT2D eigenvalue weighted by Gasteiger charge is -2.16. The topological polar surface area (TPSA) is 82.0 Å². The van der Waals surface area contributed by atoms with Crippen molar-refractivity contribution in [2.75, 3.05) is 11.1 Å². The fourth-order valence-electron chi connectivity index (χ4n) is 2.62. The number of thiophene rings is 1. The number of hydrogen-bond acceptors (Lipinski definition) is 5. The van der Waals surface area contributed by atoms with Crippen molar-refractivity contribution in [3.63, 3.8) is 0 Å². The van der Waals surface area contributed by atoms with Gasteiger partial charge < -0.3 is 11.1 Å². The quantitative estimate of drug-likeness (QED) is 0.734.